The van der Waals surface area contributed by atoms with Gasteiger partial charge in [-0.1, -0.05) is 0 Å². The van der Waals surface area contributed by atoms with Crippen molar-refractivity contribution in [2.45, 2.75) is 65.5 Å². The normalized spacial score (nSPS) is 13.6. The molecule has 0 bridgehead atoms. The largest absolute Gasteiger partial charge is 0.376 e. The Bertz CT molecular complexity index is 164. The fraction of sp³-hybridized carbons (Fsp3) is 1.00. The van der Waals surface area contributed by atoms with E-state index in [0.29, 0.717) is 0 Å². The highest BCUT2D eigenvalue weighted by molar-refractivity contribution is 4.72. The first-order valence-electron chi connectivity index (χ1n) is 5.98. The lowest BCUT2D eigenvalue weighted by atomic mass is 10.1. The predicted molar refractivity (Wildman–Crippen MR) is 67.3 cm³/mol. The van der Waals surface area contributed by atoms with Gasteiger partial charge in [0, 0.05) is 12.1 Å². The second-order valence-electron chi connectivity index (χ2n) is 6.26. The molecule has 0 amide bonds. The highest BCUT2D eigenvalue weighted by Crippen LogP contribution is 2.12. The lowest BCUT2D eigenvalue weighted by Gasteiger charge is -2.32. The van der Waals surface area contributed by atoms with Gasteiger partial charge in [0.2, 0.25) is 0 Å². The van der Waals surface area contributed by atoms with Gasteiger partial charge in [0.05, 0.1) is 5.60 Å². The predicted octanol–water partition coefficient (Wildman–Crippen LogP) is 3.31. The van der Waals surface area contributed by atoms with E-state index in [4.69, 9.17) is 4.74 Å². The third kappa shape index (κ3) is 8.88. The average Bonchev–Trinajstić information content (AvgIpc) is 1.99. The molecule has 0 fully saturated rings. The van der Waals surface area contributed by atoms with Crippen molar-refractivity contribution in [3.05, 3.63) is 0 Å². The topological polar surface area (TPSA) is 12.5 Å². The van der Waals surface area contributed by atoms with E-state index < -0.39 is 0 Å². The maximum Gasteiger partial charge on any atom is 0.0598 e. The minimum atomic E-state index is 0.00985. The van der Waals surface area contributed by atoms with Crippen LogP contribution in [0.1, 0.15) is 54.4 Å². The Hall–Kier alpha value is -0.0800. The first-order valence-corrected chi connectivity index (χ1v) is 5.98. The van der Waals surface area contributed by atoms with Gasteiger partial charge in [-0.15, -0.1) is 0 Å². The van der Waals surface area contributed by atoms with E-state index in [0.717, 1.165) is 19.6 Å². The van der Waals surface area contributed by atoms with Crippen molar-refractivity contribution in [3.63, 3.8) is 0 Å². The summed E-state index contributed by atoms with van der Waals surface area (Å²) < 4.78 is 5.68. The molecule has 2 nitrogen and oxygen atoms in total. The number of unbranched alkanes of at least 4 members (excludes halogenated alkanes) is 1. The van der Waals surface area contributed by atoms with Crippen LogP contribution in [0.15, 0.2) is 0 Å². The van der Waals surface area contributed by atoms with Gasteiger partial charge >= 0.3 is 0 Å². The van der Waals surface area contributed by atoms with Crippen LogP contribution in [0.5, 0.6) is 0 Å². The lowest BCUT2D eigenvalue weighted by Crippen LogP contribution is -2.38. The van der Waals surface area contributed by atoms with Crippen molar-refractivity contribution in [1.82, 2.24) is 4.90 Å². The highest BCUT2D eigenvalue weighted by Gasteiger charge is 2.16. The summed E-state index contributed by atoms with van der Waals surface area (Å²) in [5.41, 5.74) is 0.292. The van der Waals surface area contributed by atoms with Crippen LogP contribution in [0.3, 0.4) is 0 Å². The Morgan fingerprint density at radius 3 is 1.87 bits per heavy atom. The molecule has 0 aromatic heterocycles. The van der Waals surface area contributed by atoms with Crippen molar-refractivity contribution in [2.24, 2.45) is 0 Å². The van der Waals surface area contributed by atoms with E-state index in [-0.39, 0.29) is 11.1 Å². The third-order valence-corrected chi connectivity index (χ3v) is 2.57. The van der Waals surface area contributed by atoms with Crippen molar-refractivity contribution in [2.75, 3.05) is 20.2 Å². The lowest BCUT2D eigenvalue weighted by molar-refractivity contribution is -0.00577. The van der Waals surface area contributed by atoms with Gasteiger partial charge in [-0.3, -0.25) is 0 Å². The monoisotopic (exact) mass is 215 g/mol. The van der Waals surface area contributed by atoms with E-state index in [1.165, 1.54) is 6.42 Å². The molecule has 0 aromatic carbocycles. The van der Waals surface area contributed by atoms with Crippen LogP contribution in [0.25, 0.3) is 0 Å². The van der Waals surface area contributed by atoms with Crippen LogP contribution in [-0.4, -0.2) is 36.2 Å². The van der Waals surface area contributed by atoms with Crippen LogP contribution in [0.2, 0.25) is 0 Å². The standard InChI is InChI=1S/C13H29NO/c1-12(2,3)14(7)10-8-9-11-15-13(4,5)6/h8-11H2,1-7H3. The highest BCUT2D eigenvalue weighted by atomic mass is 16.5. The Labute approximate surface area is 96.0 Å². The molecule has 92 valence electrons. The molecule has 2 heteroatoms. The van der Waals surface area contributed by atoms with E-state index >= 15 is 0 Å². The fourth-order valence-corrected chi connectivity index (χ4v) is 1.16. The summed E-state index contributed by atoms with van der Waals surface area (Å²) in [5, 5.41) is 0. The van der Waals surface area contributed by atoms with Gasteiger partial charge in [-0.05, 0) is 68.0 Å². The summed E-state index contributed by atoms with van der Waals surface area (Å²) in [6.45, 7) is 15.1. The van der Waals surface area contributed by atoms with E-state index in [1.807, 2.05) is 0 Å². The molecule has 0 unspecified atom stereocenters. The van der Waals surface area contributed by atoms with Crippen LogP contribution in [0.4, 0.5) is 0 Å². The zero-order valence-corrected chi connectivity index (χ0v) is 11.7. The van der Waals surface area contributed by atoms with Crippen molar-refractivity contribution in [1.29, 1.82) is 0 Å². The molecule has 0 saturated heterocycles. The van der Waals surface area contributed by atoms with Gasteiger partial charge in [-0.25, -0.2) is 0 Å². The fourth-order valence-electron chi connectivity index (χ4n) is 1.16. The minimum Gasteiger partial charge on any atom is -0.376 e. The molecular weight excluding hydrogens is 186 g/mol. The molecule has 0 aliphatic heterocycles. The number of rotatable bonds is 5. The summed E-state index contributed by atoms with van der Waals surface area (Å²) in [7, 11) is 2.19. The van der Waals surface area contributed by atoms with Gasteiger partial charge < -0.3 is 9.64 Å². The molecule has 0 spiro atoms. The zero-order valence-electron chi connectivity index (χ0n) is 11.7. The Balaban J connectivity index is 3.48. The molecule has 0 saturated carbocycles. The molecule has 0 N–H and O–H groups in total. The van der Waals surface area contributed by atoms with Gasteiger partial charge in [0.1, 0.15) is 0 Å². The third-order valence-electron chi connectivity index (χ3n) is 2.57. The summed E-state index contributed by atoms with van der Waals surface area (Å²) in [6.07, 6.45) is 2.36. The summed E-state index contributed by atoms with van der Waals surface area (Å²) in [6, 6.07) is 0. The molecular formula is C13H29NO. The molecule has 15 heavy (non-hydrogen) atoms. The second-order valence-corrected chi connectivity index (χ2v) is 6.26. The van der Waals surface area contributed by atoms with Crippen LogP contribution in [0, 0.1) is 0 Å². The van der Waals surface area contributed by atoms with Crippen LogP contribution < -0.4 is 0 Å². The van der Waals surface area contributed by atoms with E-state index in [1.54, 1.807) is 0 Å². The van der Waals surface area contributed by atoms with Crippen LogP contribution in [-0.2, 0) is 4.74 Å². The Morgan fingerprint density at radius 1 is 0.933 bits per heavy atom. The Kier molecular flexibility index (Phi) is 5.82. The molecule has 0 rings (SSSR count). The van der Waals surface area contributed by atoms with Crippen molar-refractivity contribution in [3.8, 4) is 0 Å². The maximum absolute atomic E-state index is 5.68. The molecule has 0 atom stereocenters. The summed E-state index contributed by atoms with van der Waals surface area (Å²) >= 11 is 0. The van der Waals surface area contributed by atoms with Gasteiger partial charge in [0.15, 0.2) is 0 Å². The SMILES string of the molecule is CN(CCCCOC(C)(C)C)C(C)(C)C. The molecule has 0 radical (unpaired) electrons. The number of ether oxygens (including phenoxy) is 1. The second kappa shape index (κ2) is 5.86. The molecule has 0 heterocycles. The average molecular weight is 215 g/mol. The van der Waals surface area contributed by atoms with E-state index in [2.05, 4.69) is 53.5 Å². The Morgan fingerprint density at radius 2 is 1.47 bits per heavy atom. The number of hydrogen-bond donors (Lipinski definition) is 0. The first kappa shape index (κ1) is 14.9. The number of nitrogens with zero attached hydrogens (tertiary/aromatic N) is 1. The van der Waals surface area contributed by atoms with Gasteiger partial charge in [-0.2, -0.15) is 0 Å². The number of hydrogen-bond acceptors (Lipinski definition) is 2. The van der Waals surface area contributed by atoms with Gasteiger partial charge in [0.25, 0.3) is 0 Å². The molecule has 0 aliphatic carbocycles. The molecule has 0 aromatic rings. The van der Waals surface area contributed by atoms with Crippen LogP contribution >= 0.6 is 0 Å². The molecule has 0 aliphatic rings. The smallest absolute Gasteiger partial charge is 0.0598 e. The summed E-state index contributed by atoms with van der Waals surface area (Å²) in [5.74, 6) is 0. The maximum atomic E-state index is 5.68. The van der Waals surface area contributed by atoms with Crippen molar-refractivity contribution >= 4 is 0 Å². The quantitative estimate of drug-likeness (QED) is 0.652. The van der Waals surface area contributed by atoms with E-state index in [9.17, 15) is 0 Å². The summed E-state index contributed by atoms with van der Waals surface area (Å²) in [4.78, 5) is 2.39. The minimum absolute atomic E-state index is 0.00985. The zero-order chi connectivity index (χ0) is 12.1. The van der Waals surface area contributed by atoms with Crippen molar-refractivity contribution < 1.29 is 4.74 Å². The first-order chi connectivity index (χ1) is 6.63.